The number of guanidine groups is 1. The number of nitrogens with zero attached hydrogens (tertiary/aromatic N) is 4. The van der Waals surface area contributed by atoms with Crippen molar-refractivity contribution in [3.05, 3.63) is 28.6 Å². The molecule has 120 valence electrons. The third-order valence-electron chi connectivity index (χ3n) is 2.98. The van der Waals surface area contributed by atoms with Crippen LogP contribution in [-0.4, -0.2) is 37.2 Å². The van der Waals surface area contributed by atoms with Crippen LogP contribution in [0.25, 0.3) is 0 Å². The van der Waals surface area contributed by atoms with Gasteiger partial charge in [-0.15, -0.1) is 11.3 Å². The van der Waals surface area contributed by atoms with Gasteiger partial charge in [0.05, 0.1) is 24.5 Å². The minimum Gasteiger partial charge on any atom is -0.359 e. The van der Waals surface area contributed by atoms with Crippen LogP contribution in [0.2, 0.25) is 0 Å². The molecule has 0 fully saturated rings. The molecule has 0 aliphatic rings. The maximum Gasteiger partial charge on any atom is 0.191 e. The van der Waals surface area contributed by atoms with Crippen molar-refractivity contribution < 1.29 is 4.52 Å². The van der Waals surface area contributed by atoms with E-state index >= 15 is 0 Å². The van der Waals surface area contributed by atoms with Gasteiger partial charge in [-0.3, -0.25) is 4.99 Å². The molecule has 0 radical (unpaired) electrons. The van der Waals surface area contributed by atoms with Crippen molar-refractivity contribution in [2.24, 2.45) is 4.99 Å². The molecule has 8 heteroatoms. The summed E-state index contributed by atoms with van der Waals surface area (Å²) in [5.41, 5.74) is 1.95. The lowest BCUT2D eigenvalue weighted by molar-refractivity contribution is 0.374. The number of aromatic nitrogens is 2. The first-order valence-corrected chi connectivity index (χ1v) is 8.01. The molecule has 2 N–H and O–H groups in total. The molecule has 0 aliphatic carbocycles. The second-order valence-corrected chi connectivity index (χ2v) is 5.77. The highest BCUT2D eigenvalue weighted by Gasteiger charge is 2.06. The number of aliphatic imine (C=N–C) groups is 1. The number of hydrogen-bond acceptors (Lipinski definition) is 6. The third kappa shape index (κ3) is 4.45. The van der Waals surface area contributed by atoms with Gasteiger partial charge in [0.25, 0.3) is 0 Å². The average molecular weight is 322 g/mol. The molecule has 0 saturated heterocycles. The first-order valence-electron chi connectivity index (χ1n) is 7.13. The predicted octanol–water partition coefficient (Wildman–Crippen LogP) is 1.62. The molecule has 0 bridgehead atoms. The highest BCUT2D eigenvalue weighted by Crippen LogP contribution is 2.17. The largest absolute Gasteiger partial charge is 0.359 e. The fourth-order valence-electron chi connectivity index (χ4n) is 1.75. The summed E-state index contributed by atoms with van der Waals surface area (Å²) in [5.74, 6) is 1.50. The zero-order valence-electron chi connectivity index (χ0n) is 13.4. The van der Waals surface area contributed by atoms with Crippen LogP contribution in [0.15, 0.2) is 21.0 Å². The predicted molar refractivity (Wildman–Crippen MR) is 89.4 cm³/mol. The lowest BCUT2D eigenvalue weighted by atomic mass is 10.3. The van der Waals surface area contributed by atoms with Gasteiger partial charge in [-0.05, 0) is 6.42 Å². The first-order chi connectivity index (χ1) is 10.6. The van der Waals surface area contributed by atoms with E-state index in [1.54, 1.807) is 18.4 Å². The van der Waals surface area contributed by atoms with E-state index in [0.717, 1.165) is 28.7 Å². The second kappa shape index (κ2) is 7.79. The third-order valence-corrected chi connectivity index (χ3v) is 4.04. The van der Waals surface area contributed by atoms with Gasteiger partial charge < -0.3 is 20.1 Å². The molecular formula is C14H22N6OS. The molecule has 0 atom stereocenters. The van der Waals surface area contributed by atoms with E-state index in [0.29, 0.717) is 19.0 Å². The SMILES string of the molecule is CCc1cc(CNC(=NC)NCc2csc(N(C)C)n2)on1. The van der Waals surface area contributed by atoms with Crippen molar-refractivity contribution in [2.75, 3.05) is 26.0 Å². The van der Waals surface area contributed by atoms with E-state index < -0.39 is 0 Å². The number of aryl methyl sites for hydroxylation is 1. The van der Waals surface area contributed by atoms with Crippen molar-refractivity contribution in [3.8, 4) is 0 Å². The van der Waals surface area contributed by atoms with Gasteiger partial charge in [0, 0.05) is 32.6 Å². The Hall–Kier alpha value is -2.09. The Morgan fingerprint density at radius 1 is 1.32 bits per heavy atom. The summed E-state index contributed by atoms with van der Waals surface area (Å²) in [6.45, 7) is 3.22. The molecule has 7 nitrogen and oxygen atoms in total. The van der Waals surface area contributed by atoms with Gasteiger partial charge in [-0.2, -0.15) is 0 Å². The van der Waals surface area contributed by atoms with E-state index in [-0.39, 0.29) is 0 Å². The lowest BCUT2D eigenvalue weighted by Gasteiger charge is -2.09. The number of nitrogens with one attached hydrogen (secondary N) is 2. The Labute approximate surface area is 134 Å². The molecule has 0 aromatic carbocycles. The van der Waals surface area contributed by atoms with Gasteiger partial charge in [-0.1, -0.05) is 12.1 Å². The monoisotopic (exact) mass is 322 g/mol. The summed E-state index contributed by atoms with van der Waals surface area (Å²) < 4.78 is 5.23. The van der Waals surface area contributed by atoms with Crippen LogP contribution in [0.5, 0.6) is 0 Å². The quantitative estimate of drug-likeness (QED) is 0.621. The molecule has 2 rings (SSSR count). The summed E-state index contributed by atoms with van der Waals surface area (Å²) in [6, 6.07) is 1.95. The van der Waals surface area contributed by atoms with Gasteiger partial charge in [0.15, 0.2) is 16.9 Å². The van der Waals surface area contributed by atoms with Crippen molar-refractivity contribution in [2.45, 2.75) is 26.4 Å². The molecule has 0 amide bonds. The second-order valence-electron chi connectivity index (χ2n) is 4.93. The number of hydrogen-bond donors (Lipinski definition) is 2. The van der Waals surface area contributed by atoms with E-state index in [4.69, 9.17) is 4.52 Å². The van der Waals surface area contributed by atoms with Crippen molar-refractivity contribution in [1.82, 2.24) is 20.8 Å². The molecular weight excluding hydrogens is 300 g/mol. The maximum atomic E-state index is 5.23. The van der Waals surface area contributed by atoms with Crippen molar-refractivity contribution >= 4 is 22.4 Å². The summed E-state index contributed by atoms with van der Waals surface area (Å²) in [6.07, 6.45) is 0.870. The van der Waals surface area contributed by atoms with Gasteiger partial charge in [0.1, 0.15) is 0 Å². The van der Waals surface area contributed by atoms with E-state index in [9.17, 15) is 0 Å². The smallest absolute Gasteiger partial charge is 0.191 e. The summed E-state index contributed by atoms with van der Waals surface area (Å²) in [7, 11) is 5.70. The van der Waals surface area contributed by atoms with Crippen LogP contribution in [0.4, 0.5) is 5.13 Å². The first kappa shape index (κ1) is 16.3. The Kier molecular flexibility index (Phi) is 5.76. The van der Waals surface area contributed by atoms with E-state index in [1.807, 2.05) is 37.4 Å². The molecule has 2 aromatic heterocycles. The number of thiazole rings is 1. The molecule has 0 spiro atoms. The number of rotatable bonds is 6. The minimum atomic E-state index is 0.548. The Morgan fingerprint density at radius 3 is 2.68 bits per heavy atom. The van der Waals surface area contributed by atoms with Crippen molar-refractivity contribution in [3.63, 3.8) is 0 Å². The van der Waals surface area contributed by atoms with Crippen LogP contribution in [0.3, 0.4) is 0 Å². The van der Waals surface area contributed by atoms with Crippen LogP contribution in [0, 0.1) is 0 Å². The maximum absolute atomic E-state index is 5.23. The number of anilines is 1. The molecule has 2 aromatic rings. The van der Waals surface area contributed by atoms with Crippen LogP contribution in [-0.2, 0) is 19.5 Å². The fraction of sp³-hybridized carbons (Fsp3) is 0.500. The average Bonchev–Trinajstić information content (AvgIpc) is 3.16. The highest BCUT2D eigenvalue weighted by atomic mass is 32.1. The van der Waals surface area contributed by atoms with Crippen LogP contribution in [0.1, 0.15) is 24.1 Å². The summed E-state index contributed by atoms with van der Waals surface area (Å²) >= 11 is 1.62. The van der Waals surface area contributed by atoms with Gasteiger partial charge in [0.2, 0.25) is 0 Å². The van der Waals surface area contributed by atoms with Crippen molar-refractivity contribution in [1.29, 1.82) is 0 Å². The zero-order chi connectivity index (χ0) is 15.9. The van der Waals surface area contributed by atoms with Gasteiger partial charge in [-0.25, -0.2) is 4.98 Å². The molecule has 0 unspecified atom stereocenters. The van der Waals surface area contributed by atoms with E-state index in [2.05, 4.69) is 25.8 Å². The topological polar surface area (TPSA) is 78.6 Å². The van der Waals surface area contributed by atoms with Crippen LogP contribution >= 0.6 is 11.3 Å². The van der Waals surface area contributed by atoms with Crippen LogP contribution < -0.4 is 15.5 Å². The lowest BCUT2D eigenvalue weighted by Crippen LogP contribution is -2.36. The molecule has 2 heterocycles. The molecule has 0 saturated carbocycles. The normalized spacial score (nSPS) is 11.5. The Bertz CT molecular complexity index is 618. The fourth-order valence-corrected chi connectivity index (χ4v) is 2.51. The molecule has 0 aliphatic heterocycles. The standard InChI is InChI=1S/C14H22N6OS/c1-5-10-6-12(21-19-10)8-17-13(15-2)16-7-11-9-22-14(18-11)20(3)4/h6,9H,5,7-8H2,1-4H3,(H2,15,16,17). The zero-order valence-corrected chi connectivity index (χ0v) is 14.2. The molecule has 22 heavy (non-hydrogen) atoms. The van der Waals surface area contributed by atoms with E-state index in [1.165, 1.54) is 0 Å². The van der Waals surface area contributed by atoms with Gasteiger partial charge >= 0.3 is 0 Å². The summed E-state index contributed by atoms with van der Waals surface area (Å²) in [4.78, 5) is 10.7. The Balaban J connectivity index is 1.81. The Morgan fingerprint density at radius 2 is 2.09 bits per heavy atom. The summed E-state index contributed by atoms with van der Waals surface area (Å²) in [5, 5.41) is 13.4. The highest BCUT2D eigenvalue weighted by molar-refractivity contribution is 7.13. The minimum absolute atomic E-state index is 0.548.